The Morgan fingerprint density at radius 2 is 1.95 bits per heavy atom. The van der Waals surface area contributed by atoms with E-state index in [0.29, 0.717) is 13.0 Å². The van der Waals surface area contributed by atoms with E-state index < -0.39 is 10.9 Å². The molecule has 0 radical (unpaired) electrons. The molecule has 0 saturated carbocycles. The van der Waals surface area contributed by atoms with Crippen LogP contribution in [0.1, 0.15) is 20.3 Å². The summed E-state index contributed by atoms with van der Waals surface area (Å²) in [5, 5.41) is 11.5. The van der Waals surface area contributed by atoms with Gasteiger partial charge in [0.25, 0.3) is 5.69 Å². The Balaban J connectivity index is 3.20. The van der Waals surface area contributed by atoms with Crippen LogP contribution >= 0.6 is 23.2 Å². The van der Waals surface area contributed by atoms with Crippen molar-refractivity contribution in [3.8, 4) is 0 Å². The van der Waals surface area contributed by atoms with Crippen molar-refractivity contribution < 1.29 is 14.5 Å². The summed E-state index contributed by atoms with van der Waals surface area (Å²) in [7, 11) is 0. The summed E-state index contributed by atoms with van der Waals surface area (Å²) in [4.78, 5) is 23.8. The van der Waals surface area contributed by atoms with Gasteiger partial charge < -0.3 is 9.64 Å². The van der Waals surface area contributed by atoms with Crippen molar-refractivity contribution in [2.75, 3.05) is 24.6 Å². The van der Waals surface area contributed by atoms with E-state index >= 15 is 0 Å². The molecule has 0 aliphatic heterocycles. The van der Waals surface area contributed by atoms with Crippen molar-refractivity contribution in [2.24, 2.45) is 0 Å². The van der Waals surface area contributed by atoms with Gasteiger partial charge in [0.2, 0.25) is 0 Å². The SMILES string of the molecule is CCCN(CC(=O)OCC)c1cc(Cl)c(Cl)cc1[N+](=O)[O-]. The van der Waals surface area contributed by atoms with Crippen LogP contribution in [-0.4, -0.2) is 30.6 Å². The highest BCUT2D eigenvalue weighted by Gasteiger charge is 2.23. The van der Waals surface area contributed by atoms with Crippen LogP contribution in [0.2, 0.25) is 10.0 Å². The number of hydrogen-bond acceptors (Lipinski definition) is 5. The van der Waals surface area contributed by atoms with E-state index in [9.17, 15) is 14.9 Å². The van der Waals surface area contributed by atoms with Gasteiger partial charge in [-0.1, -0.05) is 30.1 Å². The number of carbonyl (C=O) groups excluding carboxylic acids is 1. The second kappa shape index (κ2) is 8.05. The van der Waals surface area contributed by atoms with Gasteiger partial charge >= 0.3 is 5.97 Å². The number of rotatable bonds is 7. The molecule has 0 unspecified atom stereocenters. The highest BCUT2D eigenvalue weighted by Crippen LogP contribution is 2.36. The Morgan fingerprint density at radius 1 is 1.33 bits per heavy atom. The van der Waals surface area contributed by atoms with Crippen LogP contribution in [0.25, 0.3) is 0 Å². The first-order chi connectivity index (χ1) is 9.90. The highest BCUT2D eigenvalue weighted by molar-refractivity contribution is 6.42. The Hall–Kier alpha value is -1.53. The fraction of sp³-hybridized carbons (Fsp3) is 0.462. The average molecular weight is 335 g/mol. The number of nitrogens with zero attached hydrogens (tertiary/aromatic N) is 2. The van der Waals surface area contributed by atoms with Crippen molar-refractivity contribution in [3.05, 3.63) is 32.3 Å². The van der Waals surface area contributed by atoms with E-state index in [0.717, 1.165) is 0 Å². The van der Waals surface area contributed by atoms with Crippen LogP contribution in [0, 0.1) is 10.1 Å². The lowest BCUT2D eigenvalue weighted by atomic mass is 10.2. The maximum absolute atomic E-state index is 11.6. The van der Waals surface area contributed by atoms with Gasteiger partial charge in [0, 0.05) is 12.6 Å². The van der Waals surface area contributed by atoms with E-state index in [2.05, 4.69) is 0 Å². The van der Waals surface area contributed by atoms with Gasteiger partial charge in [-0.3, -0.25) is 14.9 Å². The lowest BCUT2D eigenvalue weighted by molar-refractivity contribution is -0.384. The number of ether oxygens (including phenoxy) is 1. The molecule has 0 heterocycles. The Kier molecular flexibility index (Phi) is 6.71. The third-order valence-corrected chi connectivity index (χ3v) is 3.40. The summed E-state index contributed by atoms with van der Waals surface area (Å²) >= 11 is 11.8. The summed E-state index contributed by atoms with van der Waals surface area (Å²) in [5.74, 6) is -0.452. The first-order valence-electron chi connectivity index (χ1n) is 6.44. The zero-order chi connectivity index (χ0) is 16.0. The quantitative estimate of drug-likeness (QED) is 0.432. The number of halogens is 2. The highest BCUT2D eigenvalue weighted by atomic mass is 35.5. The van der Waals surface area contributed by atoms with E-state index in [4.69, 9.17) is 27.9 Å². The van der Waals surface area contributed by atoms with E-state index in [-0.39, 0.29) is 34.6 Å². The normalized spacial score (nSPS) is 10.3. The van der Waals surface area contributed by atoms with Gasteiger partial charge in [-0.25, -0.2) is 0 Å². The minimum Gasteiger partial charge on any atom is -0.465 e. The molecular weight excluding hydrogens is 319 g/mol. The first kappa shape index (κ1) is 17.5. The van der Waals surface area contributed by atoms with Crippen molar-refractivity contribution in [2.45, 2.75) is 20.3 Å². The Morgan fingerprint density at radius 3 is 2.48 bits per heavy atom. The molecule has 0 aliphatic rings. The molecule has 0 aromatic heterocycles. The first-order valence-corrected chi connectivity index (χ1v) is 7.20. The standard InChI is InChI=1S/C13H16Cl2N2O4/c1-3-5-16(8-13(18)21-4-2)11-6-9(14)10(15)7-12(11)17(19)20/h6-7H,3-5,8H2,1-2H3. The number of hydrogen-bond donors (Lipinski definition) is 0. The number of carbonyl (C=O) groups is 1. The van der Waals surface area contributed by atoms with Gasteiger partial charge in [-0.05, 0) is 19.4 Å². The smallest absolute Gasteiger partial charge is 0.325 e. The van der Waals surface area contributed by atoms with Gasteiger partial charge in [-0.15, -0.1) is 0 Å². The van der Waals surface area contributed by atoms with Crippen LogP contribution in [-0.2, 0) is 9.53 Å². The van der Waals surface area contributed by atoms with Crippen LogP contribution in [0.5, 0.6) is 0 Å². The third-order valence-electron chi connectivity index (χ3n) is 2.67. The lowest BCUT2D eigenvalue weighted by Crippen LogP contribution is -2.32. The molecule has 0 N–H and O–H groups in total. The number of nitro groups is 1. The fourth-order valence-electron chi connectivity index (χ4n) is 1.84. The summed E-state index contributed by atoms with van der Waals surface area (Å²) in [6, 6.07) is 2.59. The van der Waals surface area contributed by atoms with Gasteiger partial charge in [0.1, 0.15) is 12.2 Å². The average Bonchev–Trinajstić information content (AvgIpc) is 2.41. The van der Waals surface area contributed by atoms with Crippen LogP contribution in [0.4, 0.5) is 11.4 Å². The fourth-order valence-corrected chi connectivity index (χ4v) is 2.16. The lowest BCUT2D eigenvalue weighted by Gasteiger charge is -2.23. The van der Waals surface area contributed by atoms with Gasteiger partial charge in [-0.2, -0.15) is 0 Å². The molecule has 0 amide bonds. The molecule has 116 valence electrons. The molecule has 1 rings (SSSR count). The second-order valence-corrected chi connectivity index (χ2v) is 5.05. The minimum atomic E-state index is -0.550. The van der Waals surface area contributed by atoms with Gasteiger partial charge in [0.05, 0.1) is 21.6 Å². The maximum atomic E-state index is 11.6. The van der Waals surface area contributed by atoms with Crippen LogP contribution in [0.15, 0.2) is 12.1 Å². The van der Waals surface area contributed by atoms with E-state index in [1.165, 1.54) is 12.1 Å². The molecule has 0 spiro atoms. The minimum absolute atomic E-state index is 0.0829. The predicted molar refractivity (Wildman–Crippen MR) is 82.3 cm³/mol. The van der Waals surface area contributed by atoms with E-state index in [1.54, 1.807) is 11.8 Å². The molecule has 1 aromatic rings. The predicted octanol–water partition coefficient (Wildman–Crippen LogP) is 3.68. The molecule has 1 aromatic carbocycles. The maximum Gasteiger partial charge on any atom is 0.325 e. The van der Waals surface area contributed by atoms with Crippen molar-refractivity contribution in [1.82, 2.24) is 0 Å². The molecule has 0 aliphatic carbocycles. The third kappa shape index (κ3) is 4.75. The monoisotopic (exact) mass is 334 g/mol. The van der Waals surface area contributed by atoms with Crippen molar-refractivity contribution >= 4 is 40.5 Å². The van der Waals surface area contributed by atoms with Crippen molar-refractivity contribution in [1.29, 1.82) is 0 Å². The second-order valence-electron chi connectivity index (χ2n) is 4.24. The number of nitro benzene ring substituents is 1. The number of benzene rings is 1. The molecule has 8 heteroatoms. The Bertz CT molecular complexity index is 537. The topological polar surface area (TPSA) is 72.7 Å². The molecule has 0 saturated heterocycles. The molecule has 0 fully saturated rings. The number of anilines is 1. The zero-order valence-electron chi connectivity index (χ0n) is 11.8. The summed E-state index contributed by atoms with van der Waals surface area (Å²) < 4.78 is 4.88. The molecule has 0 atom stereocenters. The number of esters is 1. The van der Waals surface area contributed by atoms with E-state index in [1.807, 2.05) is 6.92 Å². The molecule has 6 nitrogen and oxygen atoms in total. The molecule has 0 bridgehead atoms. The summed E-state index contributed by atoms with van der Waals surface area (Å²) in [5.41, 5.74) is 0.0615. The largest absolute Gasteiger partial charge is 0.465 e. The summed E-state index contributed by atoms with van der Waals surface area (Å²) in [6.45, 7) is 4.23. The zero-order valence-corrected chi connectivity index (χ0v) is 13.3. The molecular formula is C13H16Cl2N2O4. The van der Waals surface area contributed by atoms with Crippen LogP contribution < -0.4 is 4.90 Å². The summed E-state index contributed by atoms with van der Waals surface area (Å²) in [6.07, 6.45) is 0.705. The Labute approximate surface area is 132 Å². The van der Waals surface area contributed by atoms with Gasteiger partial charge in [0.15, 0.2) is 0 Å². The van der Waals surface area contributed by atoms with Crippen LogP contribution in [0.3, 0.4) is 0 Å². The van der Waals surface area contributed by atoms with Crippen molar-refractivity contribution in [3.63, 3.8) is 0 Å². The molecule has 21 heavy (non-hydrogen) atoms.